The number of aryl methyl sites for hydroxylation is 2. The molecule has 1 aromatic rings. The van der Waals surface area contributed by atoms with Crippen molar-refractivity contribution in [1.29, 1.82) is 0 Å². The Hall–Kier alpha value is -0.357. The van der Waals surface area contributed by atoms with E-state index < -0.39 is 0 Å². The van der Waals surface area contributed by atoms with Gasteiger partial charge in [0.15, 0.2) is 0 Å². The maximum Gasteiger partial charge on any atom is 2.00 e. The molecule has 96 valence electrons. The third-order valence-electron chi connectivity index (χ3n) is 3.48. The van der Waals surface area contributed by atoms with E-state index in [1.54, 1.807) is 0 Å². The van der Waals surface area contributed by atoms with Crippen LogP contribution in [0, 0.1) is 25.3 Å². The van der Waals surface area contributed by atoms with Crippen LogP contribution in [0.4, 0.5) is 0 Å². The molecule has 0 fully saturated rings. The molecule has 0 unspecified atom stereocenters. The van der Waals surface area contributed by atoms with Gasteiger partial charge in [-0.2, -0.15) is 23.3 Å². The fourth-order valence-corrected chi connectivity index (χ4v) is 2.00. The van der Waals surface area contributed by atoms with Crippen molar-refractivity contribution in [2.24, 2.45) is 5.41 Å². The van der Waals surface area contributed by atoms with Gasteiger partial charge in [0.05, 0.1) is 0 Å². The fraction of sp³-hybridized carbons (Fsp3) is 0.500. The van der Waals surface area contributed by atoms with Gasteiger partial charge in [-0.25, -0.2) is 5.57 Å². The van der Waals surface area contributed by atoms with E-state index in [0.29, 0.717) is 0 Å². The molecule has 0 N–H and O–H groups in total. The molecule has 1 aliphatic rings. The molecule has 2 heteroatoms. The van der Waals surface area contributed by atoms with Gasteiger partial charge in [-0.1, -0.05) is 52.7 Å². The van der Waals surface area contributed by atoms with Crippen LogP contribution in [0.15, 0.2) is 28.9 Å². The number of nitrogens with zero attached hydrogens (tertiary/aromatic N) is 1. The molecule has 0 saturated carbocycles. The third-order valence-corrected chi connectivity index (χ3v) is 3.48. The molecule has 2 rings (SSSR count). The minimum absolute atomic E-state index is 0. The molecule has 0 spiro atoms. The van der Waals surface area contributed by atoms with Crippen molar-refractivity contribution in [2.75, 3.05) is 0 Å². The Balaban J connectivity index is 0.000000321. The van der Waals surface area contributed by atoms with E-state index in [-0.39, 0.29) is 31.6 Å². The van der Waals surface area contributed by atoms with Gasteiger partial charge in [-0.3, -0.25) is 6.08 Å². The predicted octanol–water partition coefficient (Wildman–Crippen LogP) is 4.53. The van der Waals surface area contributed by atoms with E-state index in [4.69, 9.17) is 0 Å². The largest absolute Gasteiger partial charge is 2.00 e. The summed E-state index contributed by atoms with van der Waals surface area (Å²) in [6.07, 6.45) is 3.44. The van der Waals surface area contributed by atoms with Gasteiger partial charge >= 0.3 is 26.2 Å². The van der Waals surface area contributed by atoms with Gasteiger partial charge in [0.1, 0.15) is 0 Å². The summed E-state index contributed by atoms with van der Waals surface area (Å²) in [4.78, 5) is 4.11. The molecule has 0 atom stereocenters. The van der Waals surface area contributed by atoms with Gasteiger partial charge < -0.3 is 4.98 Å². The summed E-state index contributed by atoms with van der Waals surface area (Å²) in [7, 11) is 0. The second kappa shape index (κ2) is 6.71. The smallest absolute Gasteiger partial charge is 0.397 e. The molecule has 0 aromatic carbocycles. The van der Waals surface area contributed by atoms with Crippen LogP contribution in [0.25, 0.3) is 0 Å². The zero-order valence-electron chi connectivity index (χ0n) is 12.6. The summed E-state index contributed by atoms with van der Waals surface area (Å²) in [6.45, 7) is 14.9. The first-order valence-electron chi connectivity index (χ1n) is 6.11. The van der Waals surface area contributed by atoms with E-state index >= 15 is 0 Å². The van der Waals surface area contributed by atoms with E-state index in [0.717, 1.165) is 11.4 Å². The predicted molar refractivity (Wildman–Crippen MR) is 73.9 cm³/mol. The zero-order valence-corrected chi connectivity index (χ0v) is 15.1. The average Bonchev–Trinajstić information content (AvgIpc) is 2.66. The summed E-state index contributed by atoms with van der Waals surface area (Å²) in [5.41, 5.74) is 6.61. The summed E-state index contributed by atoms with van der Waals surface area (Å²) in [6, 6.07) is 4.02. The van der Waals surface area contributed by atoms with Gasteiger partial charge in [-0.15, -0.1) is 12.6 Å². The molecule has 0 bridgehead atoms. The Bertz CT molecular complexity index is 445. The van der Waals surface area contributed by atoms with Gasteiger partial charge in [0.25, 0.3) is 0 Å². The Morgan fingerprint density at radius 3 is 1.83 bits per heavy atom. The second-order valence-electron chi connectivity index (χ2n) is 5.35. The minimum atomic E-state index is 0. The Labute approximate surface area is 131 Å². The number of hydrogen-bond donors (Lipinski definition) is 0. The zero-order chi connectivity index (χ0) is 13.2. The van der Waals surface area contributed by atoms with Gasteiger partial charge in [0, 0.05) is 0 Å². The van der Waals surface area contributed by atoms with Crippen LogP contribution in [-0.2, 0) is 26.2 Å². The van der Waals surface area contributed by atoms with E-state index in [9.17, 15) is 0 Å². The van der Waals surface area contributed by atoms with Crippen LogP contribution in [0.2, 0.25) is 0 Å². The molecule has 0 aliphatic heterocycles. The first-order valence-corrected chi connectivity index (χ1v) is 6.11. The fourth-order valence-electron chi connectivity index (χ4n) is 2.00. The molecule has 0 amide bonds. The van der Waals surface area contributed by atoms with Crippen molar-refractivity contribution in [1.82, 2.24) is 4.98 Å². The van der Waals surface area contributed by atoms with Crippen LogP contribution in [0.1, 0.15) is 46.0 Å². The van der Waals surface area contributed by atoms with Crippen molar-refractivity contribution >= 4 is 0 Å². The van der Waals surface area contributed by atoms with Crippen LogP contribution in [0.5, 0.6) is 0 Å². The number of rotatable bonds is 0. The first kappa shape index (κ1) is 17.6. The van der Waals surface area contributed by atoms with Crippen LogP contribution < -0.4 is 0 Å². The third kappa shape index (κ3) is 4.39. The average molecular weight is 321 g/mol. The number of allylic oxidation sites excluding steroid dienone is 4. The SMILES string of the molecule is CC1=[C-]C(C)(C)C(C)=C1C.Cc1cc[c-](C)n1.[Zr+2]. The summed E-state index contributed by atoms with van der Waals surface area (Å²) in [5.74, 6) is 0. The first-order chi connectivity index (χ1) is 7.74. The maximum absolute atomic E-state index is 4.11. The summed E-state index contributed by atoms with van der Waals surface area (Å²) < 4.78 is 0. The normalized spacial score (nSPS) is 16.7. The van der Waals surface area contributed by atoms with Crippen LogP contribution in [0.3, 0.4) is 0 Å². The molecule has 1 aliphatic carbocycles. The van der Waals surface area contributed by atoms with Crippen molar-refractivity contribution in [2.45, 2.75) is 48.5 Å². The van der Waals surface area contributed by atoms with Gasteiger partial charge in [0.2, 0.25) is 0 Å². The number of hydrogen-bond acceptors (Lipinski definition) is 1. The van der Waals surface area contributed by atoms with E-state index in [1.165, 1.54) is 16.7 Å². The minimum Gasteiger partial charge on any atom is -0.397 e. The molecular weight excluding hydrogens is 297 g/mol. The Morgan fingerprint density at radius 2 is 1.72 bits per heavy atom. The summed E-state index contributed by atoms with van der Waals surface area (Å²) >= 11 is 0. The van der Waals surface area contributed by atoms with Crippen LogP contribution in [-0.4, -0.2) is 4.98 Å². The topological polar surface area (TPSA) is 12.9 Å². The molecule has 1 heterocycles. The molecule has 18 heavy (non-hydrogen) atoms. The molecule has 1 aromatic heterocycles. The number of aromatic nitrogens is 1. The van der Waals surface area contributed by atoms with Crippen molar-refractivity contribution < 1.29 is 26.2 Å². The molecule has 0 saturated heterocycles. The molecule has 0 radical (unpaired) electrons. The van der Waals surface area contributed by atoms with Crippen molar-refractivity contribution in [3.05, 3.63) is 46.3 Å². The van der Waals surface area contributed by atoms with E-state index in [2.05, 4.69) is 45.7 Å². The second-order valence-corrected chi connectivity index (χ2v) is 5.35. The monoisotopic (exact) mass is 319 g/mol. The van der Waals surface area contributed by atoms with Crippen molar-refractivity contribution in [3.8, 4) is 0 Å². The summed E-state index contributed by atoms with van der Waals surface area (Å²) in [5, 5.41) is 0. The maximum atomic E-state index is 4.11. The van der Waals surface area contributed by atoms with Crippen molar-refractivity contribution in [3.63, 3.8) is 0 Å². The quantitative estimate of drug-likeness (QED) is 0.640. The van der Waals surface area contributed by atoms with Crippen LogP contribution >= 0.6 is 0 Å². The Kier molecular flexibility index (Phi) is 6.57. The molecule has 1 nitrogen and oxygen atoms in total. The molecular formula is C16H23NZr. The standard InChI is InChI=1S/C10H15.C6H8N.Zr/c1-7-6-10(4,5)9(3)8(7)2;1-5-3-4-6(2)7-5;/h1-5H3;3-4H,1-2H3;/q2*-1;+2. The van der Waals surface area contributed by atoms with E-state index in [1.807, 2.05) is 26.0 Å². The van der Waals surface area contributed by atoms with Gasteiger partial charge in [-0.05, 0) is 0 Å². The Morgan fingerprint density at radius 1 is 1.17 bits per heavy atom.